The van der Waals surface area contributed by atoms with Gasteiger partial charge in [-0.2, -0.15) is 38.2 Å². The van der Waals surface area contributed by atoms with Crippen molar-refractivity contribution < 1.29 is 66.0 Å². The van der Waals surface area contributed by atoms with Crippen LogP contribution in [0.15, 0.2) is 122 Å². The first kappa shape index (κ1) is 44.7. The molecule has 20 heteroatoms. The minimum atomic E-state index is -4.63. The number of allylic oxidation sites excluding steroid dienone is 7. The highest BCUT2D eigenvalue weighted by Crippen LogP contribution is 2.49. The number of hydrogen-bond acceptors (Lipinski definition) is 11. The van der Waals surface area contributed by atoms with Gasteiger partial charge in [-0.15, -0.1) is 0 Å². The number of rotatable bonds is 12. The summed E-state index contributed by atoms with van der Waals surface area (Å²) in [4.78, 5) is 12.8. The average Bonchev–Trinajstić information content (AvgIpc) is 3.45. The van der Waals surface area contributed by atoms with E-state index in [1.807, 2.05) is 13.8 Å². The lowest BCUT2D eigenvalue weighted by Crippen LogP contribution is -2.30. The second kappa shape index (κ2) is 15.6. The van der Waals surface area contributed by atoms with Gasteiger partial charge in [-0.25, -0.2) is 0 Å². The molecular weight excluding hydrogens is 861 g/mol. The number of carbonyl (C=O) groups excluding carboxylic acids is 1. The van der Waals surface area contributed by atoms with Crippen LogP contribution in [0.2, 0.25) is 0 Å². The molecule has 320 valence electrons. The number of nitrogens with zero attached hydrogens (tertiary/aromatic N) is 2. The fourth-order valence-electron chi connectivity index (χ4n) is 7.83. The lowest BCUT2D eigenvalue weighted by atomic mass is 9.81. The zero-order chi connectivity index (χ0) is 44.4. The Hall–Kier alpha value is -4.80. The minimum Gasteiger partial charge on any atom is -0.457 e. The van der Waals surface area contributed by atoms with Crippen LogP contribution < -0.4 is 9.64 Å². The van der Waals surface area contributed by atoms with Gasteiger partial charge in [0.15, 0.2) is 17.4 Å². The number of ketones is 1. The number of anilines is 1. The van der Waals surface area contributed by atoms with Crippen LogP contribution in [0.4, 0.5) is 11.4 Å². The largest absolute Gasteiger partial charge is 0.457 e. The summed E-state index contributed by atoms with van der Waals surface area (Å²) in [5.74, 6) is -0.528. The summed E-state index contributed by atoms with van der Waals surface area (Å²) in [7, 11) is -18.3. The van der Waals surface area contributed by atoms with Crippen molar-refractivity contribution in [2.45, 2.75) is 79.4 Å². The first-order valence-corrected chi connectivity index (χ1v) is 24.2. The van der Waals surface area contributed by atoms with Gasteiger partial charge in [0.2, 0.25) is 12.2 Å². The van der Waals surface area contributed by atoms with Crippen molar-refractivity contribution in [1.82, 2.24) is 0 Å². The second-order valence-electron chi connectivity index (χ2n) is 15.7. The highest BCUT2D eigenvalue weighted by atomic mass is 32.2. The predicted molar refractivity (Wildman–Crippen MR) is 221 cm³/mol. The summed E-state index contributed by atoms with van der Waals surface area (Å²) in [5.41, 5.74) is 2.04. The van der Waals surface area contributed by atoms with E-state index in [-0.39, 0.29) is 33.6 Å². The smallest absolute Gasteiger partial charge is 0.294 e. The van der Waals surface area contributed by atoms with E-state index in [9.17, 15) is 56.7 Å². The van der Waals surface area contributed by atoms with Gasteiger partial charge in [0, 0.05) is 41.4 Å². The molecule has 0 unspecified atom stereocenters. The molecule has 3 aromatic carbocycles. The third kappa shape index (κ3) is 9.10. The number of benzene rings is 3. The van der Waals surface area contributed by atoms with Crippen LogP contribution >= 0.6 is 0 Å². The van der Waals surface area contributed by atoms with E-state index in [2.05, 4.69) is 0 Å². The van der Waals surface area contributed by atoms with Crippen molar-refractivity contribution >= 4 is 63.3 Å². The molecule has 16 nitrogen and oxygen atoms in total. The van der Waals surface area contributed by atoms with Crippen molar-refractivity contribution in [2.75, 3.05) is 17.3 Å². The number of Topliss-reactive ketones (excluding diaryl/α,β-unsaturated/α-hetero) is 1. The summed E-state index contributed by atoms with van der Waals surface area (Å²) in [6.07, 6.45) is 8.38. The van der Waals surface area contributed by atoms with Crippen LogP contribution in [0, 0.1) is 0 Å². The Balaban J connectivity index is 1.52. The van der Waals surface area contributed by atoms with Crippen molar-refractivity contribution in [2.24, 2.45) is 0 Å². The Morgan fingerprint density at radius 1 is 0.733 bits per heavy atom. The van der Waals surface area contributed by atoms with Crippen LogP contribution in [0.5, 0.6) is 5.75 Å². The molecule has 0 saturated heterocycles. The van der Waals surface area contributed by atoms with Gasteiger partial charge in [-0.1, -0.05) is 19.9 Å². The Labute approximate surface area is 348 Å². The van der Waals surface area contributed by atoms with Crippen molar-refractivity contribution in [1.29, 1.82) is 0 Å². The standard InChI is InChI=1S/C40H42N2O14S4/c1-25(43)23-41-34-17-15-30(59(50,51)52)21-32(34)39(2,3)36(41)19-9-26-7-6-8-27(38(26)56-28-11-13-29(14-12-28)58(47,48)49)10-20-37-40(4,5)33-22-31(60(53,54)55)16-18-35(33)42(37)24-57(44,45)46/h9-22H,6-8,23-24H2,1-5H3,(H3-,44,45,46,47,48,49,50,51,52,53,54,55)/p+1. The third-order valence-electron chi connectivity index (χ3n) is 10.7. The molecule has 0 atom stereocenters. The van der Waals surface area contributed by atoms with Crippen LogP contribution in [-0.2, 0) is 56.1 Å². The Bertz CT molecular complexity index is 2940. The Kier molecular flexibility index (Phi) is 11.6. The van der Waals surface area contributed by atoms with Gasteiger partial charge in [-0.3, -0.25) is 23.0 Å². The molecule has 0 amide bonds. The molecule has 0 bridgehead atoms. The lowest BCUT2D eigenvalue weighted by molar-refractivity contribution is -0.424. The predicted octanol–water partition coefficient (Wildman–Crippen LogP) is 5.92. The molecule has 0 aromatic heterocycles. The zero-order valence-electron chi connectivity index (χ0n) is 33.0. The molecule has 4 N–H and O–H groups in total. The molecule has 0 radical (unpaired) electrons. The second-order valence-corrected chi connectivity index (χ2v) is 21.4. The van der Waals surface area contributed by atoms with E-state index >= 15 is 0 Å². The summed E-state index contributed by atoms with van der Waals surface area (Å²) >= 11 is 0. The lowest BCUT2D eigenvalue weighted by Gasteiger charge is -2.26. The SMILES string of the molecule is CC(=O)C[N+]1=C(/C=C/C2=C(Oc3ccc(S(=O)(=O)O)cc3)C(=C/C=C3/N(CS(=O)(=O)O)c4ccc(S(=O)(=O)O)cc4C3(C)C)/CCC2)C(C)(C)c2cc(S(=O)(=O)O)ccc21. The molecule has 0 fully saturated rings. The van der Waals surface area contributed by atoms with Gasteiger partial charge in [0.25, 0.3) is 40.5 Å². The normalized spacial score (nSPS) is 19.4. The van der Waals surface area contributed by atoms with Gasteiger partial charge >= 0.3 is 0 Å². The van der Waals surface area contributed by atoms with E-state index < -0.39 is 62.1 Å². The highest BCUT2D eigenvalue weighted by molar-refractivity contribution is 7.86. The summed E-state index contributed by atoms with van der Waals surface area (Å²) in [6, 6.07) is 12.9. The molecule has 60 heavy (non-hydrogen) atoms. The topological polar surface area (TPSA) is 250 Å². The van der Waals surface area contributed by atoms with Gasteiger partial charge < -0.3 is 9.64 Å². The van der Waals surface area contributed by atoms with Crippen molar-refractivity contribution in [3.05, 3.63) is 119 Å². The van der Waals surface area contributed by atoms with Crippen LogP contribution in [0.3, 0.4) is 0 Å². The van der Waals surface area contributed by atoms with Crippen LogP contribution in [-0.4, -0.2) is 80.4 Å². The molecule has 2 heterocycles. The van der Waals surface area contributed by atoms with Gasteiger partial charge in [0.05, 0.1) is 20.1 Å². The molecule has 0 saturated carbocycles. The summed E-state index contributed by atoms with van der Waals surface area (Å²) in [5, 5.41) is 0. The van der Waals surface area contributed by atoms with Gasteiger partial charge in [-0.05, 0) is 117 Å². The molecule has 0 spiro atoms. The monoisotopic (exact) mass is 903 g/mol. The number of hydrogen-bond donors (Lipinski definition) is 4. The Morgan fingerprint density at radius 3 is 1.87 bits per heavy atom. The molecule has 6 rings (SSSR count). The average molecular weight is 904 g/mol. The maximum atomic E-state index is 12.5. The van der Waals surface area contributed by atoms with Crippen LogP contribution in [0.25, 0.3) is 0 Å². The quantitative estimate of drug-likeness (QED) is 0.122. The fourth-order valence-corrected chi connectivity index (χ4v) is 9.93. The van der Waals surface area contributed by atoms with E-state index in [1.165, 1.54) is 54.3 Å². The summed E-state index contributed by atoms with van der Waals surface area (Å²) < 4.78 is 144. The molecule has 2 aliphatic heterocycles. The Morgan fingerprint density at radius 2 is 1.30 bits per heavy atom. The third-order valence-corrected chi connectivity index (χ3v) is 13.8. The van der Waals surface area contributed by atoms with Crippen LogP contribution in [0.1, 0.15) is 65.0 Å². The maximum Gasteiger partial charge on any atom is 0.294 e. The number of fused-ring (bicyclic) bond motifs is 2. The molecular formula is C40H43N2O14S4+. The highest BCUT2D eigenvalue weighted by Gasteiger charge is 2.46. The van der Waals surface area contributed by atoms with Crippen molar-refractivity contribution in [3.8, 4) is 5.75 Å². The first-order chi connectivity index (χ1) is 27.6. The maximum absolute atomic E-state index is 12.5. The molecule has 3 aromatic rings. The molecule has 3 aliphatic rings. The number of ether oxygens (including phenoxy) is 1. The minimum absolute atomic E-state index is 0.0491. The fraction of sp³-hybridized carbons (Fsp3) is 0.300. The van der Waals surface area contributed by atoms with E-state index in [0.717, 1.165) is 18.2 Å². The first-order valence-electron chi connectivity index (χ1n) is 18.3. The van der Waals surface area contributed by atoms with Crippen molar-refractivity contribution in [3.63, 3.8) is 0 Å². The van der Waals surface area contributed by atoms with E-state index in [4.69, 9.17) is 4.74 Å². The van der Waals surface area contributed by atoms with E-state index in [1.54, 1.807) is 42.7 Å². The zero-order valence-corrected chi connectivity index (χ0v) is 36.3. The summed E-state index contributed by atoms with van der Waals surface area (Å²) in [6.45, 7) is 8.50. The molecule has 1 aliphatic carbocycles. The van der Waals surface area contributed by atoms with E-state index in [0.29, 0.717) is 64.4 Å². The number of carbonyl (C=O) groups is 1. The van der Waals surface area contributed by atoms with Gasteiger partial charge in [0.1, 0.15) is 11.5 Å².